The number of likely N-dealkylation sites (tertiary alicyclic amines) is 1. The fourth-order valence-corrected chi connectivity index (χ4v) is 5.24. The van der Waals surface area contributed by atoms with Gasteiger partial charge < -0.3 is 14.2 Å². The maximum Gasteiger partial charge on any atom is 0.257 e. The van der Waals surface area contributed by atoms with E-state index < -0.39 is 0 Å². The van der Waals surface area contributed by atoms with E-state index >= 15 is 0 Å². The molecule has 2 amide bonds. The van der Waals surface area contributed by atoms with Crippen molar-refractivity contribution in [3.05, 3.63) is 95.9 Å². The van der Waals surface area contributed by atoms with Gasteiger partial charge in [0.1, 0.15) is 6.26 Å². The number of piperazine rings is 1. The molecule has 2 aliphatic heterocycles. The van der Waals surface area contributed by atoms with E-state index in [1.807, 2.05) is 9.80 Å². The topological polar surface area (TPSA) is 57.0 Å². The summed E-state index contributed by atoms with van der Waals surface area (Å²) in [6.07, 6.45) is 4.44. The molecule has 0 atom stereocenters. The number of carbonyl (C=O) groups is 2. The average molecular weight is 458 g/mol. The van der Waals surface area contributed by atoms with E-state index in [-0.39, 0.29) is 23.8 Å². The number of hydrogen-bond donors (Lipinski definition) is 0. The Morgan fingerprint density at radius 1 is 0.735 bits per heavy atom. The average Bonchev–Trinajstić information content (AvgIpc) is 3.45. The second kappa shape index (κ2) is 10.3. The summed E-state index contributed by atoms with van der Waals surface area (Å²) in [7, 11) is 0. The van der Waals surface area contributed by atoms with Gasteiger partial charge in [-0.1, -0.05) is 60.7 Å². The lowest BCUT2D eigenvalue weighted by molar-refractivity contribution is -0.139. The van der Waals surface area contributed by atoms with Crippen LogP contribution in [0.3, 0.4) is 0 Å². The van der Waals surface area contributed by atoms with E-state index in [0.717, 1.165) is 39.0 Å². The van der Waals surface area contributed by atoms with Crippen LogP contribution in [0.2, 0.25) is 0 Å². The third-order valence-corrected chi connectivity index (χ3v) is 7.12. The smallest absolute Gasteiger partial charge is 0.257 e. The van der Waals surface area contributed by atoms with Gasteiger partial charge in [0.15, 0.2) is 0 Å². The summed E-state index contributed by atoms with van der Waals surface area (Å²) >= 11 is 0. The molecule has 0 spiro atoms. The van der Waals surface area contributed by atoms with E-state index in [4.69, 9.17) is 4.42 Å². The summed E-state index contributed by atoms with van der Waals surface area (Å²) in [4.78, 5) is 32.1. The first-order chi connectivity index (χ1) is 16.7. The van der Waals surface area contributed by atoms with Crippen molar-refractivity contribution in [2.45, 2.75) is 18.9 Å². The molecule has 2 saturated heterocycles. The summed E-state index contributed by atoms with van der Waals surface area (Å²) in [5, 5.41) is 0. The molecule has 6 heteroatoms. The Kier molecular flexibility index (Phi) is 6.77. The maximum absolute atomic E-state index is 13.3. The minimum absolute atomic E-state index is 0.000932. The molecular weight excluding hydrogens is 426 g/mol. The van der Waals surface area contributed by atoms with E-state index in [9.17, 15) is 9.59 Å². The van der Waals surface area contributed by atoms with Crippen LogP contribution < -0.4 is 0 Å². The van der Waals surface area contributed by atoms with Gasteiger partial charge in [-0.15, -0.1) is 0 Å². The summed E-state index contributed by atoms with van der Waals surface area (Å²) in [5.74, 6) is 0.228. The summed E-state index contributed by atoms with van der Waals surface area (Å²) in [6, 6.07) is 23.1. The normalized spacial score (nSPS) is 17.8. The molecule has 3 heterocycles. The summed E-state index contributed by atoms with van der Waals surface area (Å²) in [6.45, 7) is 4.40. The molecule has 0 aliphatic carbocycles. The molecule has 0 radical (unpaired) electrons. The maximum atomic E-state index is 13.3. The highest BCUT2D eigenvalue weighted by Crippen LogP contribution is 2.30. The molecular formula is C28H31N3O3. The Bertz CT molecular complexity index is 1030. The highest BCUT2D eigenvalue weighted by atomic mass is 16.3. The molecule has 1 aromatic heterocycles. The van der Waals surface area contributed by atoms with Gasteiger partial charge >= 0.3 is 0 Å². The summed E-state index contributed by atoms with van der Waals surface area (Å²) < 4.78 is 5.03. The van der Waals surface area contributed by atoms with Gasteiger partial charge in [0, 0.05) is 45.2 Å². The molecule has 5 rings (SSSR count). The highest BCUT2D eigenvalue weighted by molar-refractivity contribution is 5.94. The van der Waals surface area contributed by atoms with E-state index in [1.165, 1.54) is 23.7 Å². The Morgan fingerprint density at radius 3 is 1.85 bits per heavy atom. The van der Waals surface area contributed by atoms with Gasteiger partial charge in [0.25, 0.3) is 5.91 Å². The zero-order valence-electron chi connectivity index (χ0n) is 19.4. The Labute approximate surface area is 200 Å². The molecule has 6 nitrogen and oxygen atoms in total. The Morgan fingerprint density at radius 2 is 1.32 bits per heavy atom. The molecule has 34 heavy (non-hydrogen) atoms. The number of furan rings is 1. The van der Waals surface area contributed by atoms with E-state index in [1.54, 1.807) is 6.07 Å². The first-order valence-electron chi connectivity index (χ1n) is 12.1. The monoisotopic (exact) mass is 457 g/mol. The first-order valence-corrected chi connectivity index (χ1v) is 12.1. The van der Waals surface area contributed by atoms with Crippen LogP contribution in [-0.4, -0.2) is 65.8 Å². The molecule has 0 bridgehead atoms. The molecule has 3 aromatic rings. The van der Waals surface area contributed by atoms with Gasteiger partial charge in [-0.3, -0.25) is 14.5 Å². The zero-order chi connectivity index (χ0) is 23.3. The van der Waals surface area contributed by atoms with Crippen molar-refractivity contribution in [3.63, 3.8) is 0 Å². The number of benzene rings is 2. The lowest BCUT2D eigenvalue weighted by Crippen LogP contribution is -2.52. The van der Waals surface area contributed by atoms with Gasteiger partial charge in [0.2, 0.25) is 5.91 Å². The molecule has 2 aliphatic rings. The fraction of sp³-hybridized carbons (Fsp3) is 0.357. The van der Waals surface area contributed by atoms with Crippen molar-refractivity contribution >= 4 is 11.8 Å². The van der Waals surface area contributed by atoms with Crippen LogP contribution in [0.15, 0.2) is 83.7 Å². The fourth-order valence-electron chi connectivity index (χ4n) is 5.24. The predicted octanol–water partition coefficient (Wildman–Crippen LogP) is 4.07. The number of rotatable bonds is 5. The van der Waals surface area contributed by atoms with Crippen LogP contribution in [0.1, 0.15) is 40.4 Å². The van der Waals surface area contributed by atoms with Gasteiger partial charge in [0.05, 0.1) is 17.9 Å². The number of carbonyl (C=O) groups excluding carboxylic acids is 2. The standard InChI is InChI=1S/C28H31N3O3/c32-27(24-11-14-30(15-12-24)28(33)25-13-20-34-21-25)31-18-16-29(17-19-31)26(22-7-3-1-4-8-22)23-9-5-2-6-10-23/h1-10,13,20-21,24,26H,11-12,14-19H2. The number of nitrogens with zero attached hydrogens (tertiary/aromatic N) is 3. The molecule has 176 valence electrons. The molecule has 0 unspecified atom stereocenters. The van der Waals surface area contributed by atoms with Crippen LogP contribution in [-0.2, 0) is 4.79 Å². The van der Waals surface area contributed by atoms with Crippen molar-refractivity contribution in [1.82, 2.24) is 14.7 Å². The molecule has 0 N–H and O–H groups in total. The van der Waals surface area contributed by atoms with Crippen molar-refractivity contribution < 1.29 is 14.0 Å². The van der Waals surface area contributed by atoms with Crippen molar-refractivity contribution in [2.75, 3.05) is 39.3 Å². The largest absolute Gasteiger partial charge is 0.472 e. The quantitative estimate of drug-likeness (QED) is 0.580. The van der Waals surface area contributed by atoms with Gasteiger partial charge in [-0.05, 0) is 30.0 Å². The minimum atomic E-state index is -0.0128. The molecule has 0 saturated carbocycles. The lowest BCUT2D eigenvalue weighted by Gasteiger charge is -2.41. The highest BCUT2D eigenvalue weighted by Gasteiger charge is 2.33. The summed E-state index contributed by atoms with van der Waals surface area (Å²) in [5.41, 5.74) is 3.14. The van der Waals surface area contributed by atoms with Gasteiger partial charge in [-0.25, -0.2) is 0 Å². The van der Waals surface area contributed by atoms with Crippen LogP contribution in [0, 0.1) is 5.92 Å². The number of hydrogen-bond acceptors (Lipinski definition) is 4. The lowest BCUT2D eigenvalue weighted by atomic mass is 9.94. The Balaban J connectivity index is 1.18. The SMILES string of the molecule is O=C(c1ccoc1)N1CCC(C(=O)N2CCN(C(c3ccccc3)c3ccccc3)CC2)CC1. The molecule has 2 fully saturated rings. The minimum Gasteiger partial charge on any atom is -0.472 e. The second-order valence-corrected chi connectivity index (χ2v) is 9.16. The van der Waals surface area contributed by atoms with E-state index in [0.29, 0.717) is 18.7 Å². The van der Waals surface area contributed by atoms with Crippen LogP contribution in [0.25, 0.3) is 0 Å². The van der Waals surface area contributed by atoms with Crippen LogP contribution in [0.4, 0.5) is 0 Å². The predicted molar refractivity (Wildman–Crippen MR) is 130 cm³/mol. The van der Waals surface area contributed by atoms with Gasteiger partial charge in [-0.2, -0.15) is 0 Å². The van der Waals surface area contributed by atoms with E-state index in [2.05, 4.69) is 65.6 Å². The van der Waals surface area contributed by atoms with Crippen molar-refractivity contribution in [3.8, 4) is 0 Å². The Hall–Kier alpha value is -3.38. The third-order valence-electron chi connectivity index (χ3n) is 7.12. The van der Waals surface area contributed by atoms with Crippen molar-refractivity contribution in [1.29, 1.82) is 0 Å². The van der Waals surface area contributed by atoms with Crippen LogP contribution in [0.5, 0.6) is 0 Å². The van der Waals surface area contributed by atoms with Crippen molar-refractivity contribution in [2.24, 2.45) is 5.92 Å². The second-order valence-electron chi connectivity index (χ2n) is 9.16. The van der Waals surface area contributed by atoms with Crippen LogP contribution >= 0.6 is 0 Å². The molecule has 2 aromatic carbocycles. The number of amides is 2. The first kappa shape index (κ1) is 22.4. The third kappa shape index (κ3) is 4.77. The number of piperidine rings is 1. The zero-order valence-corrected chi connectivity index (χ0v) is 19.4.